The molecule has 0 aliphatic rings. The summed E-state index contributed by atoms with van der Waals surface area (Å²) >= 11 is 0. The summed E-state index contributed by atoms with van der Waals surface area (Å²) in [5.74, 6) is 0. The topological polar surface area (TPSA) is 12.0 Å². The standard InChI is InChI=1S/C43H89N/c1-3-5-7-9-11-13-15-17-19-21-23-24-25-27-29-31-33-35-37-39-41-43-44-42-40-38-36-34-32-30-28-26-22-20-18-16-14-12-10-8-6-4-2/h44H,3-43H2,1-2H3. The molecule has 266 valence electrons. The summed E-state index contributed by atoms with van der Waals surface area (Å²) in [6.45, 7) is 7.11. The number of hydrogen-bond acceptors (Lipinski definition) is 1. The number of nitrogens with one attached hydrogen (secondary N) is 1. The van der Waals surface area contributed by atoms with Crippen LogP contribution in [0.4, 0.5) is 0 Å². The molecule has 0 aliphatic carbocycles. The number of unbranched alkanes of at least 4 members (excludes halogenated alkanes) is 37. The predicted octanol–water partition coefficient (Wildman–Crippen LogP) is 15.8. The van der Waals surface area contributed by atoms with E-state index in [0.29, 0.717) is 0 Å². The molecule has 1 heteroatoms. The zero-order chi connectivity index (χ0) is 31.7. The first-order valence-electron chi connectivity index (χ1n) is 21.6. The monoisotopic (exact) mass is 620 g/mol. The highest BCUT2D eigenvalue weighted by Crippen LogP contribution is 2.16. The minimum Gasteiger partial charge on any atom is -0.317 e. The Morgan fingerprint density at radius 3 is 0.477 bits per heavy atom. The smallest absolute Gasteiger partial charge is 0.00489 e. The molecule has 0 radical (unpaired) electrons. The molecule has 0 aromatic carbocycles. The molecule has 0 unspecified atom stereocenters. The van der Waals surface area contributed by atoms with E-state index in [2.05, 4.69) is 19.2 Å². The quantitative estimate of drug-likeness (QED) is 0.0671. The van der Waals surface area contributed by atoms with Crippen molar-refractivity contribution in [3.63, 3.8) is 0 Å². The van der Waals surface area contributed by atoms with Crippen molar-refractivity contribution in [2.45, 2.75) is 264 Å². The first-order valence-corrected chi connectivity index (χ1v) is 21.6. The number of hydrogen-bond donors (Lipinski definition) is 1. The molecule has 0 aromatic rings. The molecule has 0 aromatic heterocycles. The molecule has 1 nitrogen and oxygen atoms in total. The van der Waals surface area contributed by atoms with Gasteiger partial charge in [0.1, 0.15) is 0 Å². The lowest BCUT2D eigenvalue weighted by Crippen LogP contribution is -2.16. The van der Waals surface area contributed by atoms with Gasteiger partial charge in [-0.3, -0.25) is 0 Å². The van der Waals surface area contributed by atoms with Gasteiger partial charge in [-0.2, -0.15) is 0 Å². The molecule has 0 saturated carbocycles. The Morgan fingerprint density at radius 1 is 0.182 bits per heavy atom. The predicted molar refractivity (Wildman–Crippen MR) is 204 cm³/mol. The van der Waals surface area contributed by atoms with Crippen LogP contribution in [0.25, 0.3) is 0 Å². The van der Waals surface area contributed by atoms with E-state index in [9.17, 15) is 0 Å². The normalized spacial score (nSPS) is 11.6. The zero-order valence-electron chi connectivity index (χ0n) is 31.5. The molecule has 0 atom stereocenters. The largest absolute Gasteiger partial charge is 0.317 e. The maximum atomic E-state index is 3.70. The van der Waals surface area contributed by atoms with E-state index in [-0.39, 0.29) is 0 Å². The molecule has 1 N–H and O–H groups in total. The summed E-state index contributed by atoms with van der Waals surface area (Å²) < 4.78 is 0. The van der Waals surface area contributed by atoms with Crippen LogP contribution in [0.3, 0.4) is 0 Å². The van der Waals surface area contributed by atoms with Gasteiger partial charge in [-0.05, 0) is 25.9 Å². The highest BCUT2D eigenvalue weighted by Gasteiger charge is 1.97. The van der Waals surface area contributed by atoms with Gasteiger partial charge in [0.15, 0.2) is 0 Å². The Labute approximate surface area is 282 Å². The van der Waals surface area contributed by atoms with Crippen LogP contribution in [-0.2, 0) is 0 Å². The Kier molecular flexibility index (Phi) is 42.9. The van der Waals surface area contributed by atoms with Crippen molar-refractivity contribution in [3.05, 3.63) is 0 Å². The van der Waals surface area contributed by atoms with Gasteiger partial charge < -0.3 is 5.32 Å². The molecule has 0 spiro atoms. The van der Waals surface area contributed by atoms with Gasteiger partial charge in [-0.25, -0.2) is 0 Å². The minimum atomic E-state index is 1.25. The molecule has 0 bridgehead atoms. The summed E-state index contributed by atoms with van der Waals surface area (Å²) in [5, 5.41) is 3.70. The molecular formula is C43H89N. The van der Waals surface area contributed by atoms with Crippen LogP contribution in [0, 0.1) is 0 Å². The average Bonchev–Trinajstić information content (AvgIpc) is 3.04. The third-order valence-electron chi connectivity index (χ3n) is 10.2. The third-order valence-corrected chi connectivity index (χ3v) is 10.2. The van der Waals surface area contributed by atoms with Crippen molar-refractivity contribution in [2.24, 2.45) is 0 Å². The van der Waals surface area contributed by atoms with Crippen LogP contribution in [0.5, 0.6) is 0 Å². The van der Waals surface area contributed by atoms with Gasteiger partial charge in [0.25, 0.3) is 0 Å². The first-order chi connectivity index (χ1) is 21.9. The van der Waals surface area contributed by atoms with Gasteiger partial charge in [0, 0.05) is 0 Å². The third kappa shape index (κ3) is 42.0. The average molecular weight is 620 g/mol. The van der Waals surface area contributed by atoms with Crippen molar-refractivity contribution < 1.29 is 0 Å². The SMILES string of the molecule is CCCCCCCCCCCCCCCCCCCCCCCNCCCCCCCCCCCCCCCCCCCC. The number of rotatable bonds is 41. The van der Waals surface area contributed by atoms with Crippen molar-refractivity contribution >= 4 is 0 Å². The second-order valence-corrected chi connectivity index (χ2v) is 14.8. The second kappa shape index (κ2) is 43.0. The fourth-order valence-electron chi connectivity index (χ4n) is 6.96. The van der Waals surface area contributed by atoms with Crippen LogP contribution in [0.1, 0.15) is 264 Å². The van der Waals surface area contributed by atoms with Gasteiger partial charge in [0.05, 0.1) is 0 Å². The van der Waals surface area contributed by atoms with Gasteiger partial charge in [0.2, 0.25) is 0 Å². The molecule has 44 heavy (non-hydrogen) atoms. The molecule has 0 amide bonds. The van der Waals surface area contributed by atoms with Crippen LogP contribution in [-0.4, -0.2) is 13.1 Å². The van der Waals surface area contributed by atoms with Crippen LogP contribution in [0.15, 0.2) is 0 Å². The van der Waals surface area contributed by atoms with E-state index in [4.69, 9.17) is 0 Å². The maximum absolute atomic E-state index is 3.70. The van der Waals surface area contributed by atoms with Crippen LogP contribution in [0.2, 0.25) is 0 Å². The van der Waals surface area contributed by atoms with Crippen molar-refractivity contribution in [1.29, 1.82) is 0 Å². The summed E-state index contributed by atoms with van der Waals surface area (Å²) in [6, 6.07) is 0. The van der Waals surface area contributed by atoms with E-state index in [0.717, 1.165) is 0 Å². The van der Waals surface area contributed by atoms with E-state index < -0.39 is 0 Å². The summed E-state index contributed by atoms with van der Waals surface area (Å²) in [6.07, 6.45) is 57.2. The van der Waals surface area contributed by atoms with E-state index >= 15 is 0 Å². The summed E-state index contributed by atoms with van der Waals surface area (Å²) in [7, 11) is 0. The Bertz CT molecular complexity index is 418. The van der Waals surface area contributed by atoms with Gasteiger partial charge in [-0.15, -0.1) is 0 Å². The van der Waals surface area contributed by atoms with Gasteiger partial charge >= 0.3 is 0 Å². The maximum Gasteiger partial charge on any atom is -0.00489 e. The first kappa shape index (κ1) is 44.0. The van der Waals surface area contributed by atoms with E-state index in [1.807, 2.05) is 0 Å². The Morgan fingerprint density at radius 2 is 0.318 bits per heavy atom. The summed E-state index contributed by atoms with van der Waals surface area (Å²) in [4.78, 5) is 0. The molecular weight excluding hydrogens is 530 g/mol. The van der Waals surface area contributed by atoms with Crippen LogP contribution >= 0.6 is 0 Å². The minimum absolute atomic E-state index is 1.25. The fourth-order valence-corrected chi connectivity index (χ4v) is 6.96. The molecule has 0 aliphatic heterocycles. The van der Waals surface area contributed by atoms with E-state index in [1.165, 1.54) is 264 Å². The van der Waals surface area contributed by atoms with Crippen molar-refractivity contribution in [3.8, 4) is 0 Å². The second-order valence-electron chi connectivity index (χ2n) is 14.8. The zero-order valence-corrected chi connectivity index (χ0v) is 31.5. The highest BCUT2D eigenvalue weighted by atomic mass is 14.8. The molecule has 0 fully saturated rings. The fraction of sp³-hybridized carbons (Fsp3) is 1.00. The molecule has 0 saturated heterocycles. The lowest BCUT2D eigenvalue weighted by atomic mass is 10.0. The van der Waals surface area contributed by atoms with Crippen molar-refractivity contribution in [2.75, 3.05) is 13.1 Å². The molecule has 0 rings (SSSR count). The van der Waals surface area contributed by atoms with Gasteiger partial charge in [-0.1, -0.05) is 251 Å². The molecule has 0 heterocycles. The lowest BCUT2D eigenvalue weighted by molar-refractivity contribution is 0.513. The lowest BCUT2D eigenvalue weighted by Gasteiger charge is -2.06. The Balaban J connectivity index is 3.03. The van der Waals surface area contributed by atoms with E-state index in [1.54, 1.807) is 0 Å². The Hall–Kier alpha value is -0.0400. The van der Waals surface area contributed by atoms with Crippen molar-refractivity contribution in [1.82, 2.24) is 5.32 Å². The van der Waals surface area contributed by atoms with Crippen LogP contribution < -0.4 is 5.32 Å². The highest BCUT2D eigenvalue weighted by molar-refractivity contribution is 4.54. The summed E-state index contributed by atoms with van der Waals surface area (Å²) in [5.41, 5.74) is 0.